The van der Waals surface area contributed by atoms with Crippen molar-refractivity contribution in [1.82, 2.24) is 14.5 Å². The topological polar surface area (TPSA) is 30.7 Å². The van der Waals surface area contributed by atoms with Crippen molar-refractivity contribution in [3.05, 3.63) is 200 Å². The maximum atomic E-state index is 5.67. The van der Waals surface area contributed by atoms with Crippen LogP contribution in [0.15, 0.2) is 200 Å². The van der Waals surface area contributed by atoms with E-state index in [1.807, 2.05) is 11.3 Å². The summed E-state index contributed by atoms with van der Waals surface area (Å²) in [4.78, 5) is 11.3. The second-order valence-electron chi connectivity index (χ2n) is 14.8. The summed E-state index contributed by atoms with van der Waals surface area (Å²) in [7, 11) is 0. The fourth-order valence-corrected chi connectivity index (χ4v) is 21.7. The third-order valence-electron chi connectivity index (χ3n) is 11.9. The molecule has 0 fully saturated rings. The SMILES string of the molecule is c1ccc(-c2nc(-c3cccc(-n4c5ccccc5c5ccc6sc7ccccc7c6c54)c3)nc3[c]2[Ge]([c]2ccccc2)([c]2ccccc2)[c]2ccccc2-3)cc1. The van der Waals surface area contributed by atoms with Crippen molar-refractivity contribution in [2.45, 2.75) is 0 Å². The Morgan fingerprint density at radius 2 is 1.09 bits per heavy atom. The first-order valence-electron chi connectivity index (χ1n) is 19.4. The quantitative estimate of drug-likeness (QED) is 0.162. The van der Waals surface area contributed by atoms with Crippen molar-refractivity contribution in [2.75, 3.05) is 0 Å². The van der Waals surface area contributed by atoms with Gasteiger partial charge in [-0.25, -0.2) is 0 Å². The van der Waals surface area contributed by atoms with Gasteiger partial charge < -0.3 is 0 Å². The van der Waals surface area contributed by atoms with Gasteiger partial charge in [0.15, 0.2) is 0 Å². The fraction of sp³-hybridized carbons (Fsp3) is 0. The van der Waals surface area contributed by atoms with E-state index < -0.39 is 13.3 Å². The van der Waals surface area contributed by atoms with Gasteiger partial charge in [0.2, 0.25) is 0 Å². The minimum atomic E-state index is -3.65. The molecule has 12 rings (SSSR count). The summed E-state index contributed by atoms with van der Waals surface area (Å²) >= 11 is -1.78. The molecule has 0 radical (unpaired) electrons. The second kappa shape index (κ2) is 12.7. The summed E-state index contributed by atoms with van der Waals surface area (Å²) in [5, 5.41) is 5.10. The van der Waals surface area contributed by atoms with Crippen molar-refractivity contribution >= 4 is 84.2 Å². The van der Waals surface area contributed by atoms with E-state index in [2.05, 4.69) is 205 Å². The van der Waals surface area contributed by atoms with Crippen LogP contribution in [0.4, 0.5) is 0 Å². The third kappa shape index (κ3) is 4.72. The summed E-state index contributed by atoms with van der Waals surface area (Å²) in [6.45, 7) is 0. The Morgan fingerprint density at radius 1 is 0.456 bits per heavy atom. The molecule has 3 nitrogen and oxygen atoms in total. The molecule has 0 saturated heterocycles. The Hall–Kier alpha value is -6.60. The van der Waals surface area contributed by atoms with Gasteiger partial charge in [-0.3, -0.25) is 0 Å². The first-order valence-corrected chi connectivity index (χ1v) is 24.4. The molecule has 1 aliphatic heterocycles. The van der Waals surface area contributed by atoms with Gasteiger partial charge in [-0.05, 0) is 6.07 Å². The summed E-state index contributed by atoms with van der Waals surface area (Å²) in [5.74, 6) is 0.732. The molecule has 4 heterocycles. The normalized spacial score (nSPS) is 13.1. The van der Waals surface area contributed by atoms with Gasteiger partial charge in [-0.2, -0.15) is 0 Å². The third-order valence-corrected chi connectivity index (χ3v) is 23.2. The summed E-state index contributed by atoms with van der Waals surface area (Å²) in [6.07, 6.45) is 0. The molecule has 57 heavy (non-hydrogen) atoms. The number of nitrogens with zero attached hydrogens (tertiary/aromatic N) is 3. The van der Waals surface area contributed by atoms with Crippen LogP contribution in [0, 0.1) is 0 Å². The van der Waals surface area contributed by atoms with Gasteiger partial charge in [0.05, 0.1) is 0 Å². The van der Waals surface area contributed by atoms with Crippen LogP contribution >= 0.6 is 11.3 Å². The maximum absolute atomic E-state index is 5.67. The average Bonchev–Trinajstić information content (AvgIpc) is 3.94. The Kier molecular flexibility index (Phi) is 7.28. The molecule has 0 unspecified atom stereocenters. The number of rotatable bonds is 5. The molecule has 0 amide bonds. The molecule has 0 saturated carbocycles. The Labute approximate surface area is 336 Å². The van der Waals surface area contributed by atoms with Gasteiger partial charge in [0.25, 0.3) is 0 Å². The summed E-state index contributed by atoms with van der Waals surface area (Å²) < 4.78 is 10.5. The average molecular weight is 805 g/mol. The molecule has 3 aromatic heterocycles. The van der Waals surface area contributed by atoms with E-state index in [1.54, 1.807) is 0 Å². The molecule has 0 bridgehead atoms. The number of hydrogen-bond acceptors (Lipinski definition) is 3. The Morgan fingerprint density at radius 3 is 1.88 bits per heavy atom. The number of para-hydroxylation sites is 1. The first-order chi connectivity index (χ1) is 28.3. The van der Waals surface area contributed by atoms with E-state index in [1.165, 1.54) is 65.1 Å². The van der Waals surface area contributed by atoms with Gasteiger partial charge in [-0.1, -0.05) is 12.1 Å². The molecule has 5 heteroatoms. The number of aromatic nitrogens is 3. The molecule has 8 aromatic carbocycles. The van der Waals surface area contributed by atoms with Crippen LogP contribution < -0.4 is 17.6 Å². The van der Waals surface area contributed by atoms with E-state index in [4.69, 9.17) is 9.97 Å². The monoisotopic (exact) mass is 805 g/mol. The van der Waals surface area contributed by atoms with Crippen molar-refractivity contribution in [3.8, 4) is 39.6 Å². The fourth-order valence-electron chi connectivity index (χ4n) is 9.56. The Bertz CT molecular complexity index is 3310. The molecule has 11 aromatic rings. The Balaban J connectivity index is 1.16. The van der Waals surface area contributed by atoms with Crippen LogP contribution in [0.2, 0.25) is 0 Å². The minimum absolute atomic E-state index is 0.732. The van der Waals surface area contributed by atoms with E-state index in [0.29, 0.717) is 0 Å². The van der Waals surface area contributed by atoms with E-state index in [9.17, 15) is 0 Å². The van der Waals surface area contributed by atoms with Gasteiger partial charge in [-0.15, -0.1) is 0 Å². The molecule has 0 aliphatic carbocycles. The molecule has 0 spiro atoms. The zero-order chi connectivity index (χ0) is 37.5. The number of hydrogen-bond donors (Lipinski definition) is 0. The van der Waals surface area contributed by atoms with E-state index in [0.717, 1.165) is 34.0 Å². The molecule has 0 N–H and O–H groups in total. The van der Waals surface area contributed by atoms with Gasteiger partial charge >= 0.3 is 320 Å². The van der Waals surface area contributed by atoms with E-state index >= 15 is 0 Å². The zero-order valence-electron chi connectivity index (χ0n) is 30.8. The van der Waals surface area contributed by atoms with Crippen LogP contribution in [0.1, 0.15) is 0 Å². The van der Waals surface area contributed by atoms with Crippen molar-refractivity contribution in [2.24, 2.45) is 0 Å². The molecule has 0 atom stereocenters. The molecule has 1 aliphatic rings. The number of benzene rings is 8. The standard InChI is InChI=1S/C52H33GeN3S/c1-4-17-34(18-5-1)49-48-50(41-26-10-13-28-43(41)53(48,36-20-6-2-7-21-36)37-22-8-3-9-23-37)55-52(54-49)35-19-16-24-38(33-35)56-44-29-14-11-25-39(44)40-31-32-46-47(51(40)56)42-27-12-15-30-45(42)57-46/h1-33H. The molecular weight excluding hydrogens is 771 g/mol. The molecular formula is C52H33GeN3S. The first kappa shape index (κ1) is 32.6. The van der Waals surface area contributed by atoms with Gasteiger partial charge in [0, 0.05) is 0 Å². The number of fused-ring (bicyclic) bond motifs is 10. The van der Waals surface area contributed by atoms with Crippen molar-refractivity contribution in [3.63, 3.8) is 0 Å². The van der Waals surface area contributed by atoms with Crippen LogP contribution in [0.3, 0.4) is 0 Å². The van der Waals surface area contributed by atoms with Gasteiger partial charge in [0.1, 0.15) is 0 Å². The second-order valence-corrected chi connectivity index (χ2v) is 23.7. The predicted molar refractivity (Wildman–Crippen MR) is 243 cm³/mol. The van der Waals surface area contributed by atoms with Crippen LogP contribution in [-0.4, -0.2) is 27.8 Å². The van der Waals surface area contributed by atoms with Crippen LogP contribution in [0.25, 0.3) is 81.6 Å². The number of thiophene rings is 1. The zero-order valence-corrected chi connectivity index (χ0v) is 33.7. The molecule has 266 valence electrons. The van der Waals surface area contributed by atoms with Crippen molar-refractivity contribution < 1.29 is 0 Å². The summed E-state index contributed by atoms with van der Waals surface area (Å²) in [5.41, 5.74) is 8.90. The van der Waals surface area contributed by atoms with Crippen molar-refractivity contribution in [1.29, 1.82) is 0 Å². The summed E-state index contributed by atoms with van der Waals surface area (Å²) in [6, 6.07) is 73.2. The predicted octanol–water partition coefficient (Wildman–Crippen LogP) is 10.6. The van der Waals surface area contributed by atoms with Crippen LogP contribution in [0.5, 0.6) is 0 Å². The van der Waals surface area contributed by atoms with E-state index in [-0.39, 0.29) is 0 Å². The van der Waals surface area contributed by atoms with Crippen LogP contribution in [-0.2, 0) is 0 Å².